The van der Waals surface area contributed by atoms with Crippen LogP contribution in [0.3, 0.4) is 0 Å². The van der Waals surface area contributed by atoms with Gasteiger partial charge < -0.3 is 24.2 Å². The Bertz CT molecular complexity index is 1180. The highest BCUT2D eigenvalue weighted by molar-refractivity contribution is 5.94. The predicted octanol–water partition coefficient (Wildman–Crippen LogP) is 5.03. The number of aromatic nitrogens is 3. The highest BCUT2D eigenvalue weighted by atomic mass is 19.4. The summed E-state index contributed by atoms with van der Waals surface area (Å²) in [6.07, 6.45) is -0.656. The zero-order valence-corrected chi connectivity index (χ0v) is 21.8. The summed E-state index contributed by atoms with van der Waals surface area (Å²) in [6.45, 7) is 9.37. The molecule has 2 atom stereocenters. The second kappa shape index (κ2) is 9.36. The van der Waals surface area contributed by atoms with Gasteiger partial charge in [0.2, 0.25) is 0 Å². The monoisotopic (exact) mass is 525 g/mol. The van der Waals surface area contributed by atoms with Gasteiger partial charge in [-0.05, 0) is 47.5 Å². The third-order valence-corrected chi connectivity index (χ3v) is 7.29. The molecule has 9 nitrogen and oxygen atoms in total. The molecule has 2 fully saturated rings. The fraction of sp³-hybridized carbons (Fsp3) is 0.680. The van der Waals surface area contributed by atoms with Crippen LogP contribution in [-0.4, -0.2) is 67.4 Å². The van der Waals surface area contributed by atoms with Crippen LogP contribution in [-0.2, 0) is 21.2 Å². The van der Waals surface area contributed by atoms with Crippen LogP contribution in [0.25, 0.3) is 11.0 Å². The number of aliphatic carboxylic acids is 1. The Hall–Kier alpha value is -3.05. The first-order chi connectivity index (χ1) is 17.2. The lowest BCUT2D eigenvalue weighted by molar-refractivity contribution is -0.150. The number of piperazine rings is 1. The van der Waals surface area contributed by atoms with Gasteiger partial charge in [-0.25, -0.2) is 19.6 Å². The Balaban J connectivity index is 1.81. The highest BCUT2D eigenvalue weighted by Gasteiger charge is 2.47. The van der Waals surface area contributed by atoms with E-state index in [2.05, 4.69) is 9.97 Å². The molecule has 1 amide bonds. The zero-order valence-electron chi connectivity index (χ0n) is 21.8. The van der Waals surface area contributed by atoms with Gasteiger partial charge in [0, 0.05) is 31.4 Å². The van der Waals surface area contributed by atoms with E-state index in [4.69, 9.17) is 4.74 Å². The van der Waals surface area contributed by atoms with Gasteiger partial charge in [-0.2, -0.15) is 13.2 Å². The molecule has 0 bridgehead atoms. The molecule has 4 rings (SSSR count). The van der Waals surface area contributed by atoms with Crippen LogP contribution in [0.15, 0.2) is 12.5 Å². The van der Waals surface area contributed by atoms with Gasteiger partial charge in [0.05, 0.1) is 10.9 Å². The molecule has 12 heteroatoms. The van der Waals surface area contributed by atoms with Crippen LogP contribution in [0.2, 0.25) is 0 Å². The molecule has 1 aliphatic heterocycles. The number of nitrogens with zero attached hydrogens (tertiary/aromatic N) is 5. The molecule has 0 spiro atoms. The second-order valence-electron chi connectivity index (χ2n) is 11.2. The summed E-state index contributed by atoms with van der Waals surface area (Å²) in [5.41, 5.74) is -3.19. The van der Waals surface area contributed by atoms with Crippen LogP contribution in [0.1, 0.15) is 72.3 Å². The smallest absolute Gasteiger partial charge is 0.418 e. The standard InChI is InChI=1S/C25H34F3N5O4/c1-15-12-32(22(36)37-23(3,4)5)16(2)11-31(15)19-18-17(25(26,27)28)13-33(20(18)30-14-29-19)24(21(34)35)9-7-6-8-10-24/h13-16H,6-12H2,1-5H3,(H,34,35)/t15-,16+/m0/s1. The fourth-order valence-electron chi connectivity index (χ4n) is 5.50. The number of fused-ring (bicyclic) bond motifs is 1. The molecule has 1 saturated heterocycles. The van der Waals surface area contributed by atoms with E-state index in [9.17, 15) is 27.9 Å². The molecular formula is C25H34F3N5O4. The number of alkyl halides is 3. The summed E-state index contributed by atoms with van der Waals surface area (Å²) in [5, 5.41) is 9.95. The molecule has 3 heterocycles. The number of carbonyl (C=O) groups is 2. The van der Waals surface area contributed by atoms with Crippen molar-refractivity contribution in [2.45, 2.75) is 96.1 Å². The van der Waals surface area contributed by atoms with Crippen molar-refractivity contribution in [3.8, 4) is 0 Å². The normalized spacial score (nSPS) is 22.8. The summed E-state index contributed by atoms with van der Waals surface area (Å²) in [7, 11) is 0. The average molecular weight is 526 g/mol. The molecule has 0 unspecified atom stereocenters. The van der Waals surface area contributed by atoms with Gasteiger partial charge >= 0.3 is 18.2 Å². The van der Waals surface area contributed by atoms with E-state index in [0.29, 0.717) is 12.8 Å². The number of rotatable bonds is 3. The first-order valence-corrected chi connectivity index (χ1v) is 12.6. The summed E-state index contributed by atoms with van der Waals surface area (Å²) in [4.78, 5) is 36.9. The first kappa shape index (κ1) is 27.0. The van der Waals surface area contributed by atoms with Crippen molar-refractivity contribution in [2.75, 3.05) is 18.0 Å². The second-order valence-corrected chi connectivity index (χ2v) is 11.2. The van der Waals surface area contributed by atoms with Crippen molar-refractivity contribution in [1.29, 1.82) is 0 Å². The molecule has 2 aromatic rings. The van der Waals surface area contributed by atoms with Crippen LogP contribution in [0.5, 0.6) is 0 Å². The van der Waals surface area contributed by atoms with Gasteiger partial charge in [0.25, 0.3) is 0 Å². The zero-order chi connectivity index (χ0) is 27.3. The topological polar surface area (TPSA) is 101 Å². The molecular weight excluding hydrogens is 491 g/mol. The highest BCUT2D eigenvalue weighted by Crippen LogP contribution is 2.45. The van der Waals surface area contributed by atoms with Gasteiger partial charge in [-0.1, -0.05) is 19.3 Å². The lowest BCUT2D eigenvalue weighted by Gasteiger charge is -2.44. The van der Waals surface area contributed by atoms with Crippen molar-refractivity contribution < 1.29 is 32.6 Å². The number of amides is 1. The quantitative estimate of drug-likeness (QED) is 0.600. The minimum Gasteiger partial charge on any atom is -0.479 e. The third-order valence-electron chi connectivity index (χ3n) is 7.29. The van der Waals surface area contributed by atoms with E-state index in [-0.39, 0.29) is 54.9 Å². The first-order valence-electron chi connectivity index (χ1n) is 12.6. The maximum Gasteiger partial charge on any atom is 0.418 e. The Morgan fingerprint density at radius 3 is 2.27 bits per heavy atom. The van der Waals surface area contributed by atoms with E-state index < -0.39 is 34.9 Å². The maximum absolute atomic E-state index is 14.4. The molecule has 0 aromatic carbocycles. The van der Waals surface area contributed by atoms with E-state index in [1.54, 1.807) is 44.4 Å². The van der Waals surface area contributed by atoms with Crippen LogP contribution in [0, 0.1) is 0 Å². The minimum atomic E-state index is -4.75. The molecule has 1 saturated carbocycles. The van der Waals surface area contributed by atoms with Crippen molar-refractivity contribution in [1.82, 2.24) is 19.4 Å². The number of carboxylic acids is 1. The molecule has 2 aliphatic rings. The van der Waals surface area contributed by atoms with E-state index in [1.807, 2.05) is 0 Å². The lowest BCUT2D eigenvalue weighted by Crippen LogP contribution is -2.59. The van der Waals surface area contributed by atoms with Crippen molar-refractivity contribution in [2.24, 2.45) is 0 Å². The molecule has 37 heavy (non-hydrogen) atoms. The van der Waals surface area contributed by atoms with Crippen molar-refractivity contribution in [3.63, 3.8) is 0 Å². The molecule has 2 aromatic heterocycles. The lowest BCUT2D eigenvalue weighted by atomic mass is 9.81. The number of carbonyl (C=O) groups excluding carboxylic acids is 1. The van der Waals surface area contributed by atoms with Crippen molar-refractivity contribution >= 4 is 28.9 Å². The molecule has 1 N–H and O–H groups in total. The summed E-state index contributed by atoms with van der Waals surface area (Å²) in [6, 6.07) is -0.745. The number of halogens is 3. The van der Waals surface area contributed by atoms with Crippen molar-refractivity contribution in [3.05, 3.63) is 18.1 Å². The number of anilines is 1. The predicted molar refractivity (Wildman–Crippen MR) is 130 cm³/mol. The van der Waals surface area contributed by atoms with E-state index in [0.717, 1.165) is 12.6 Å². The summed E-state index contributed by atoms with van der Waals surface area (Å²) >= 11 is 0. The van der Waals surface area contributed by atoms with Gasteiger partial charge in [0.15, 0.2) is 0 Å². The summed E-state index contributed by atoms with van der Waals surface area (Å²) in [5.74, 6) is -1.08. The Labute approximate surface area is 213 Å². The minimum absolute atomic E-state index is 0.0453. The molecule has 0 radical (unpaired) electrons. The molecule has 204 valence electrons. The van der Waals surface area contributed by atoms with Gasteiger partial charge in [0.1, 0.15) is 28.9 Å². The third kappa shape index (κ3) is 4.94. The molecule has 1 aliphatic carbocycles. The van der Waals surface area contributed by atoms with E-state index >= 15 is 0 Å². The Kier molecular flexibility index (Phi) is 6.83. The Morgan fingerprint density at radius 2 is 1.70 bits per heavy atom. The largest absolute Gasteiger partial charge is 0.479 e. The van der Waals surface area contributed by atoms with Crippen LogP contribution < -0.4 is 4.90 Å². The number of hydrogen-bond acceptors (Lipinski definition) is 6. The maximum atomic E-state index is 14.4. The number of ether oxygens (including phenoxy) is 1. The van der Waals surface area contributed by atoms with Gasteiger partial charge in [-0.3, -0.25) is 0 Å². The fourth-order valence-corrected chi connectivity index (χ4v) is 5.50. The number of carboxylic acid groups (broad SMARTS) is 1. The number of hydrogen-bond donors (Lipinski definition) is 1. The Morgan fingerprint density at radius 1 is 1.05 bits per heavy atom. The SMILES string of the molecule is C[C@@H]1CN(c2ncnc3c2c(C(F)(F)F)cn3C2(C(=O)O)CCCCC2)[C@@H](C)CN1C(=O)OC(C)(C)C. The van der Waals surface area contributed by atoms with Crippen LogP contribution >= 0.6 is 0 Å². The van der Waals surface area contributed by atoms with E-state index in [1.165, 1.54) is 10.9 Å². The average Bonchev–Trinajstić information content (AvgIpc) is 3.20. The summed E-state index contributed by atoms with van der Waals surface area (Å²) < 4.78 is 49.8. The van der Waals surface area contributed by atoms with Crippen LogP contribution in [0.4, 0.5) is 23.8 Å². The van der Waals surface area contributed by atoms with Gasteiger partial charge in [-0.15, -0.1) is 0 Å².